The molecule has 2 heterocycles. The molecule has 1 fully saturated rings. The second kappa shape index (κ2) is 6.23. The summed E-state index contributed by atoms with van der Waals surface area (Å²) in [6.45, 7) is 6.98. The minimum atomic E-state index is -1.18. The fraction of sp³-hybridized carbons (Fsp3) is 0.571. The van der Waals surface area contributed by atoms with Gasteiger partial charge in [0.25, 0.3) is 0 Å². The summed E-state index contributed by atoms with van der Waals surface area (Å²) < 4.78 is 5.86. The average molecular weight is 330 g/mol. The quantitative estimate of drug-likeness (QED) is 0.443. The van der Waals surface area contributed by atoms with E-state index in [1.54, 1.807) is 6.20 Å². The van der Waals surface area contributed by atoms with Gasteiger partial charge in [0.15, 0.2) is 5.11 Å². The van der Waals surface area contributed by atoms with E-state index in [0.717, 1.165) is 6.16 Å². The molecule has 0 aromatic rings. The number of thiocarbonyl (C=S) groups is 1. The van der Waals surface area contributed by atoms with Crippen molar-refractivity contribution in [3.8, 4) is 0 Å². The maximum atomic E-state index is 10.2. The van der Waals surface area contributed by atoms with Gasteiger partial charge in [-0.25, -0.2) is 0 Å². The van der Waals surface area contributed by atoms with Gasteiger partial charge < -0.3 is 25.6 Å². The van der Waals surface area contributed by atoms with Crippen LogP contribution in [0.2, 0.25) is 0 Å². The predicted octanol–water partition coefficient (Wildman–Crippen LogP) is 0.450. The molecule has 1 saturated heterocycles. The lowest BCUT2D eigenvalue weighted by Gasteiger charge is -2.25. The van der Waals surface area contributed by atoms with Gasteiger partial charge in [0.05, 0.1) is 6.10 Å². The Morgan fingerprint density at radius 2 is 2.05 bits per heavy atom. The van der Waals surface area contributed by atoms with E-state index in [2.05, 4.69) is 36.8 Å². The Hall–Kier alpha value is -0.650. The van der Waals surface area contributed by atoms with Crippen molar-refractivity contribution in [1.29, 1.82) is 0 Å². The van der Waals surface area contributed by atoms with E-state index in [0.29, 0.717) is 22.8 Å². The molecule has 0 spiro atoms. The lowest BCUT2D eigenvalue weighted by Crippen LogP contribution is -2.41. The highest BCUT2D eigenvalue weighted by Crippen LogP contribution is 2.39. The van der Waals surface area contributed by atoms with Gasteiger partial charge in [0.1, 0.15) is 18.3 Å². The minimum absolute atomic E-state index is 0.381. The molecule has 2 aliphatic heterocycles. The van der Waals surface area contributed by atoms with Gasteiger partial charge in [-0.05, 0) is 38.1 Å². The SMILES string of the molecule is C=C1NC(=S)NC=C1[C@@H]1O[C@H](CCP(=C)(C)C)C(O)[C@H]1O. The van der Waals surface area contributed by atoms with Crippen LogP contribution in [0, 0.1) is 0 Å². The van der Waals surface area contributed by atoms with Crippen LogP contribution in [-0.2, 0) is 4.74 Å². The molecular weight excluding hydrogens is 307 g/mol. The average Bonchev–Trinajstić information content (AvgIpc) is 2.64. The number of aliphatic hydroxyl groups is 2. The van der Waals surface area contributed by atoms with Crippen LogP contribution in [0.25, 0.3) is 0 Å². The molecule has 7 heteroatoms. The summed E-state index contributed by atoms with van der Waals surface area (Å²) in [7, 11) is 0. The monoisotopic (exact) mass is 330 g/mol. The Balaban J connectivity index is 2.08. The molecule has 118 valence electrons. The number of ether oxygens (including phenoxy) is 1. The second-order valence-corrected chi connectivity index (χ2v) is 10.9. The van der Waals surface area contributed by atoms with Crippen LogP contribution < -0.4 is 10.6 Å². The number of aliphatic hydroxyl groups excluding tert-OH is 2. The van der Waals surface area contributed by atoms with Gasteiger partial charge in [-0.2, -0.15) is 0 Å². The summed E-state index contributed by atoms with van der Waals surface area (Å²) in [5.74, 6) is 0. The molecule has 0 aliphatic carbocycles. The van der Waals surface area contributed by atoms with E-state index < -0.39 is 25.2 Å². The third kappa shape index (κ3) is 3.96. The molecule has 0 bridgehead atoms. The van der Waals surface area contributed by atoms with Crippen LogP contribution in [0.1, 0.15) is 6.42 Å². The van der Waals surface area contributed by atoms with Crippen molar-refractivity contribution in [2.45, 2.75) is 30.8 Å². The van der Waals surface area contributed by atoms with Crippen molar-refractivity contribution in [2.75, 3.05) is 19.5 Å². The summed E-state index contributed by atoms with van der Waals surface area (Å²) >= 11 is 4.99. The summed E-state index contributed by atoms with van der Waals surface area (Å²) in [4.78, 5) is 0. The Morgan fingerprint density at radius 1 is 1.38 bits per heavy atom. The minimum Gasteiger partial charge on any atom is -0.388 e. The molecule has 0 radical (unpaired) electrons. The van der Waals surface area contributed by atoms with E-state index in [-0.39, 0.29) is 6.10 Å². The molecule has 2 aliphatic rings. The van der Waals surface area contributed by atoms with Crippen LogP contribution in [-0.4, -0.2) is 65.5 Å². The molecule has 4 atom stereocenters. The Morgan fingerprint density at radius 3 is 2.62 bits per heavy atom. The van der Waals surface area contributed by atoms with Crippen LogP contribution in [0.3, 0.4) is 0 Å². The Bertz CT molecular complexity index is 528. The van der Waals surface area contributed by atoms with Gasteiger partial charge in [-0.15, -0.1) is 13.2 Å². The largest absolute Gasteiger partial charge is 0.388 e. The first-order valence-corrected chi connectivity index (χ1v) is 10.3. The van der Waals surface area contributed by atoms with Crippen LogP contribution >= 0.6 is 19.1 Å². The van der Waals surface area contributed by atoms with Crippen LogP contribution in [0.5, 0.6) is 0 Å². The second-order valence-electron chi connectivity index (χ2n) is 6.20. The van der Waals surface area contributed by atoms with Crippen molar-refractivity contribution < 1.29 is 14.9 Å². The molecule has 0 aromatic carbocycles. The zero-order valence-corrected chi connectivity index (χ0v) is 14.1. The van der Waals surface area contributed by atoms with Crippen molar-refractivity contribution in [2.24, 2.45) is 0 Å². The molecule has 4 N–H and O–H groups in total. The molecule has 2 rings (SSSR count). The first-order chi connectivity index (χ1) is 9.69. The fourth-order valence-electron chi connectivity index (χ4n) is 2.45. The third-order valence-electron chi connectivity index (χ3n) is 3.66. The summed E-state index contributed by atoms with van der Waals surface area (Å²) in [5, 5.41) is 26.6. The number of rotatable bonds is 4. The lowest BCUT2D eigenvalue weighted by atomic mass is 9.99. The molecule has 1 unspecified atom stereocenters. The normalized spacial score (nSPS) is 33.4. The number of hydrogen-bond acceptors (Lipinski definition) is 4. The van der Waals surface area contributed by atoms with Gasteiger partial charge in [-0.3, -0.25) is 0 Å². The van der Waals surface area contributed by atoms with E-state index in [9.17, 15) is 10.2 Å². The molecule has 5 nitrogen and oxygen atoms in total. The molecule has 0 aromatic heterocycles. The fourth-order valence-corrected chi connectivity index (χ4v) is 3.59. The van der Waals surface area contributed by atoms with Crippen molar-refractivity contribution in [3.63, 3.8) is 0 Å². The van der Waals surface area contributed by atoms with E-state index in [1.807, 2.05) is 0 Å². The predicted molar refractivity (Wildman–Crippen MR) is 92.1 cm³/mol. The lowest BCUT2D eigenvalue weighted by molar-refractivity contribution is 0.0188. The molecular formula is C14H23N2O3PS. The van der Waals surface area contributed by atoms with Crippen LogP contribution in [0.4, 0.5) is 0 Å². The molecule has 0 amide bonds. The van der Waals surface area contributed by atoms with Gasteiger partial charge in [0, 0.05) is 17.5 Å². The first kappa shape index (κ1) is 16.7. The zero-order chi connectivity index (χ0) is 15.8. The van der Waals surface area contributed by atoms with E-state index >= 15 is 0 Å². The highest BCUT2D eigenvalue weighted by molar-refractivity contribution is 7.80. The topological polar surface area (TPSA) is 73.8 Å². The maximum absolute atomic E-state index is 10.2. The van der Waals surface area contributed by atoms with Crippen molar-refractivity contribution in [3.05, 3.63) is 24.0 Å². The summed E-state index contributed by atoms with van der Waals surface area (Å²) in [6, 6.07) is 0. The van der Waals surface area contributed by atoms with E-state index in [4.69, 9.17) is 17.0 Å². The first-order valence-electron chi connectivity index (χ1n) is 6.85. The highest BCUT2D eigenvalue weighted by Gasteiger charge is 2.45. The van der Waals surface area contributed by atoms with Crippen LogP contribution in [0.15, 0.2) is 24.0 Å². The summed E-state index contributed by atoms with van der Waals surface area (Å²) in [6.07, 6.45) is 4.57. The summed E-state index contributed by atoms with van der Waals surface area (Å²) in [5.41, 5.74) is 1.27. The third-order valence-corrected chi connectivity index (χ3v) is 5.35. The standard InChI is InChI=1S/C14H23N2O3PS/c1-8-9(7-15-14(21)16-8)13-12(18)11(17)10(19-13)5-6-20(2,3)4/h7,10-13,17-18H,1-2,5-6H2,3-4H3,(H2,15,16,21)/t10-,11?,12-,13+/m1/s1. The van der Waals surface area contributed by atoms with Gasteiger partial charge in [-0.1, -0.05) is 6.58 Å². The maximum Gasteiger partial charge on any atom is 0.174 e. The van der Waals surface area contributed by atoms with E-state index in [1.165, 1.54) is 0 Å². The number of hydrogen-bond donors (Lipinski definition) is 4. The van der Waals surface area contributed by atoms with Gasteiger partial charge >= 0.3 is 0 Å². The molecule has 21 heavy (non-hydrogen) atoms. The van der Waals surface area contributed by atoms with Crippen molar-refractivity contribution in [1.82, 2.24) is 10.6 Å². The molecule has 0 saturated carbocycles. The number of nitrogens with one attached hydrogen (secondary N) is 2. The Kier molecular flexibility index (Phi) is 4.96. The zero-order valence-electron chi connectivity index (χ0n) is 12.4. The van der Waals surface area contributed by atoms with Crippen molar-refractivity contribution >= 4 is 30.5 Å². The smallest absolute Gasteiger partial charge is 0.174 e. The van der Waals surface area contributed by atoms with Gasteiger partial charge in [0.2, 0.25) is 0 Å². The highest BCUT2D eigenvalue weighted by atomic mass is 32.1. The Labute approximate surface area is 131 Å².